The van der Waals surface area contributed by atoms with Crippen LogP contribution in [0.25, 0.3) is 0 Å². The summed E-state index contributed by atoms with van der Waals surface area (Å²) in [5.41, 5.74) is 1.58. The van der Waals surface area contributed by atoms with Crippen LogP contribution in [0.3, 0.4) is 0 Å². The highest BCUT2D eigenvalue weighted by Crippen LogP contribution is 2.40. The van der Waals surface area contributed by atoms with E-state index in [-0.39, 0.29) is 0 Å². The SMILES string of the molecule is CCC(C)(C)C1CCC(NCc2cccc(Cl)c2Cl)CC1. The van der Waals surface area contributed by atoms with Crippen LogP contribution in [-0.4, -0.2) is 6.04 Å². The van der Waals surface area contributed by atoms with Crippen molar-refractivity contribution in [2.75, 3.05) is 0 Å². The summed E-state index contributed by atoms with van der Waals surface area (Å²) < 4.78 is 0. The molecule has 1 aromatic rings. The highest BCUT2D eigenvalue weighted by Gasteiger charge is 2.31. The molecule has 0 amide bonds. The zero-order valence-electron chi connectivity index (χ0n) is 13.4. The minimum Gasteiger partial charge on any atom is -0.310 e. The Labute approximate surface area is 139 Å². The van der Waals surface area contributed by atoms with Gasteiger partial charge in [0.15, 0.2) is 0 Å². The number of hydrogen-bond donors (Lipinski definition) is 1. The molecule has 0 radical (unpaired) electrons. The van der Waals surface area contributed by atoms with Crippen molar-refractivity contribution in [2.45, 2.75) is 65.5 Å². The van der Waals surface area contributed by atoms with Gasteiger partial charge in [0.1, 0.15) is 0 Å². The van der Waals surface area contributed by atoms with Crippen molar-refractivity contribution in [1.29, 1.82) is 0 Å². The Kier molecular flexibility index (Phi) is 5.99. The van der Waals surface area contributed by atoms with Gasteiger partial charge in [0.05, 0.1) is 10.0 Å². The molecule has 0 heterocycles. The van der Waals surface area contributed by atoms with Crippen LogP contribution in [0.4, 0.5) is 0 Å². The maximum Gasteiger partial charge on any atom is 0.0637 e. The molecular weight excluding hydrogens is 301 g/mol. The van der Waals surface area contributed by atoms with E-state index >= 15 is 0 Å². The van der Waals surface area contributed by atoms with Crippen LogP contribution in [0.2, 0.25) is 10.0 Å². The van der Waals surface area contributed by atoms with Crippen molar-refractivity contribution in [3.05, 3.63) is 33.8 Å². The Morgan fingerprint density at radius 1 is 1.14 bits per heavy atom. The monoisotopic (exact) mass is 327 g/mol. The van der Waals surface area contributed by atoms with E-state index in [2.05, 4.69) is 26.1 Å². The van der Waals surface area contributed by atoms with Crippen molar-refractivity contribution in [1.82, 2.24) is 5.32 Å². The lowest BCUT2D eigenvalue weighted by molar-refractivity contribution is 0.137. The fourth-order valence-electron chi connectivity index (χ4n) is 3.31. The summed E-state index contributed by atoms with van der Waals surface area (Å²) in [6.07, 6.45) is 6.48. The highest BCUT2D eigenvalue weighted by molar-refractivity contribution is 6.42. The molecule has 3 heteroatoms. The van der Waals surface area contributed by atoms with Crippen LogP contribution < -0.4 is 5.32 Å². The summed E-state index contributed by atoms with van der Waals surface area (Å²) in [6, 6.07) is 6.47. The Morgan fingerprint density at radius 3 is 2.43 bits per heavy atom. The van der Waals surface area contributed by atoms with Gasteiger partial charge in [-0.3, -0.25) is 0 Å². The van der Waals surface area contributed by atoms with Gasteiger partial charge in [-0.25, -0.2) is 0 Å². The number of nitrogens with one attached hydrogen (secondary N) is 1. The normalized spacial score (nSPS) is 23.3. The lowest BCUT2D eigenvalue weighted by Crippen LogP contribution is -2.36. The van der Waals surface area contributed by atoms with Crippen LogP contribution >= 0.6 is 23.2 Å². The second-order valence-corrected chi connectivity index (χ2v) is 7.77. The molecule has 1 aromatic carbocycles. The molecule has 1 nitrogen and oxygen atoms in total. The van der Waals surface area contributed by atoms with Gasteiger partial charge >= 0.3 is 0 Å². The van der Waals surface area contributed by atoms with Crippen molar-refractivity contribution in [3.8, 4) is 0 Å². The summed E-state index contributed by atoms with van der Waals surface area (Å²) in [4.78, 5) is 0. The van der Waals surface area contributed by atoms with Gasteiger partial charge in [-0.15, -0.1) is 0 Å². The predicted molar refractivity (Wildman–Crippen MR) is 93.1 cm³/mol. The molecule has 0 saturated heterocycles. The number of rotatable bonds is 5. The smallest absolute Gasteiger partial charge is 0.0637 e. The minimum atomic E-state index is 0.487. The van der Waals surface area contributed by atoms with Crippen molar-refractivity contribution in [2.24, 2.45) is 11.3 Å². The molecule has 118 valence electrons. The van der Waals surface area contributed by atoms with E-state index in [0.717, 1.165) is 18.0 Å². The summed E-state index contributed by atoms with van der Waals surface area (Å²) in [5.74, 6) is 0.871. The van der Waals surface area contributed by atoms with Gasteiger partial charge in [-0.2, -0.15) is 0 Å². The fourth-order valence-corrected chi connectivity index (χ4v) is 3.69. The number of benzene rings is 1. The Morgan fingerprint density at radius 2 is 1.81 bits per heavy atom. The predicted octanol–water partition coefficient (Wildman–Crippen LogP) is 6.08. The van der Waals surface area contributed by atoms with Gasteiger partial charge in [-0.05, 0) is 48.6 Å². The van der Waals surface area contributed by atoms with Gasteiger partial charge in [0.25, 0.3) is 0 Å². The second-order valence-electron chi connectivity index (χ2n) is 6.98. The molecule has 2 rings (SSSR count). The zero-order valence-corrected chi connectivity index (χ0v) is 14.9. The standard InChI is InChI=1S/C18H27Cl2N/c1-4-18(2,3)14-8-10-15(11-9-14)21-12-13-6-5-7-16(19)17(13)20/h5-7,14-15,21H,4,8-12H2,1-3H3. The molecule has 0 aromatic heterocycles. The van der Waals surface area contributed by atoms with Crippen LogP contribution in [-0.2, 0) is 6.54 Å². The highest BCUT2D eigenvalue weighted by atomic mass is 35.5. The van der Waals surface area contributed by atoms with Crippen LogP contribution in [0.15, 0.2) is 18.2 Å². The van der Waals surface area contributed by atoms with Crippen LogP contribution in [0.1, 0.15) is 58.4 Å². The summed E-state index contributed by atoms with van der Waals surface area (Å²) in [7, 11) is 0. The van der Waals surface area contributed by atoms with E-state index in [4.69, 9.17) is 23.2 Å². The molecule has 0 bridgehead atoms. The fraction of sp³-hybridized carbons (Fsp3) is 0.667. The van der Waals surface area contributed by atoms with E-state index < -0.39 is 0 Å². The minimum absolute atomic E-state index is 0.487. The maximum atomic E-state index is 6.24. The average molecular weight is 328 g/mol. The second kappa shape index (κ2) is 7.35. The van der Waals surface area contributed by atoms with Crippen molar-refractivity contribution < 1.29 is 0 Å². The van der Waals surface area contributed by atoms with Gasteiger partial charge in [0, 0.05) is 12.6 Å². The molecule has 1 aliphatic carbocycles. The first kappa shape index (κ1) is 17.1. The molecule has 0 spiro atoms. The summed E-state index contributed by atoms with van der Waals surface area (Å²) in [5, 5.41) is 4.98. The number of hydrogen-bond acceptors (Lipinski definition) is 1. The number of halogens is 2. The van der Waals surface area contributed by atoms with E-state index in [1.807, 2.05) is 18.2 Å². The molecule has 0 aliphatic heterocycles. The van der Waals surface area contributed by atoms with E-state index in [1.165, 1.54) is 32.1 Å². The quantitative estimate of drug-likeness (QED) is 0.691. The maximum absolute atomic E-state index is 6.24. The van der Waals surface area contributed by atoms with Gasteiger partial charge in [0.2, 0.25) is 0 Å². The molecule has 1 N–H and O–H groups in total. The largest absolute Gasteiger partial charge is 0.310 e. The van der Waals surface area contributed by atoms with E-state index in [9.17, 15) is 0 Å². The Hall–Kier alpha value is -0.240. The molecular formula is C18H27Cl2N. The third-order valence-corrected chi connectivity index (χ3v) is 6.21. The topological polar surface area (TPSA) is 12.0 Å². The first-order chi connectivity index (χ1) is 9.94. The molecule has 1 saturated carbocycles. The van der Waals surface area contributed by atoms with Crippen LogP contribution in [0.5, 0.6) is 0 Å². The first-order valence-corrected chi connectivity index (χ1v) is 8.86. The lowest BCUT2D eigenvalue weighted by Gasteiger charge is -2.39. The molecule has 0 unspecified atom stereocenters. The van der Waals surface area contributed by atoms with E-state index in [0.29, 0.717) is 21.5 Å². The molecule has 21 heavy (non-hydrogen) atoms. The average Bonchev–Trinajstić information content (AvgIpc) is 2.49. The Bertz CT molecular complexity index is 462. The van der Waals surface area contributed by atoms with Crippen LogP contribution in [0, 0.1) is 11.3 Å². The third kappa shape index (κ3) is 4.37. The zero-order chi connectivity index (χ0) is 15.5. The van der Waals surface area contributed by atoms with E-state index in [1.54, 1.807) is 0 Å². The molecule has 0 atom stereocenters. The Balaban J connectivity index is 1.83. The van der Waals surface area contributed by atoms with Crippen molar-refractivity contribution in [3.63, 3.8) is 0 Å². The van der Waals surface area contributed by atoms with Crippen molar-refractivity contribution >= 4 is 23.2 Å². The summed E-state index contributed by atoms with van der Waals surface area (Å²) in [6.45, 7) is 7.95. The van der Waals surface area contributed by atoms with Gasteiger partial charge in [-0.1, -0.05) is 62.5 Å². The molecule has 1 fully saturated rings. The molecule has 1 aliphatic rings. The summed E-state index contributed by atoms with van der Waals surface area (Å²) >= 11 is 12.3. The third-order valence-electron chi connectivity index (χ3n) is 5.36. The first-order valence-electron chi connectivity index (χ1n) is 8.10. The lowest BCUT2D eigenvalue weighted by atomic mass is 9.69. The van der Waals surface area contributed by atoms with Gasteiger partial charge < -0.3 is 5.32 Å².